The van der Waals surface area contributed by atoms with Gasteiger partial charge in [0.1, 0.15) is 5.76 Å². The van der Waals surface area contributed by atoms with Gasteiger partial charge in [0.2, 0.25) is 0 Å². The molecule has 0 saturated carbocycles. The van der Waals surface area contributed by atoms with Gasteiger partial charge in [-0.05, 0) is 38.6 Å². The number of rotatable bonds is 7. The van der Waals surface area contributed by atoms with Crippen LogP contribution in [0.1, 0.15) is 49.4 Å². The molecule has 5 heteroatoms. The Bertz CT molecular complexity index is 496. The van der Waals surface area contributed by atoms with Gasteiger partial charge in [0, 0.05) is 13.1 Å². The Labute approximate surface area is 139 Å². The van der Waals surface area contributed by atoms with Gasteiger partial charge in [-0.25, -0.2) is 0 Å². The second kappa shape index (κ2) is 8.50. The molecule has 1 aromatic heterocycles. The van der Waals surface area contributed by atoms with E-state index in [1.165, 1.54) is 6.42 Å². The summed E-state index contributed by atoms with van der Waals surface area (Å²) in [5, 5.41) is 0. The minimum absolute atomic E-state index is 0.0211. The van der Waals surface area contributed by atoms with Crippen LogP contribution in [-0.2, 0) is 11.3 Å². The zero-order valence-electron chi connectivity index (χ0n) is 14.9. The number of carbonyl (C=O) groups excluding carboxylic acids is 1. The van der Waals surface area contributed by atoms with Crippen LogP contribution >= 0.6 is 0 Å². The Morgan fingerprint density at radius 3 is 2.87 bits per heavy atom. The fourth-order valence-corrected chi connectivity index (χ4v) is 2.88. The highest BCUT2D eigenvalue weighted by Crippen LogP contribution is 2.18. The van der Waals surface area contributed by atoms with Crippen molar-refractivity contribution in [2.75, 3.05) is 33.8 Å². The molecule has 0 aliphatic carbocycles. The molecule has 1 aromatic rings. The van der Waals surface area contributed by atoms with E-state index in [0.717, 1.165) is 24.5 Å². The molecule has 0 N–H and O–H groups in total. The molecule has 1 fully saturated rings. The van der Waals surface area contributed by atoms with E-state index in [4.69, 9.17) is 9.15 Å². The van der Waals surface area contributed by atoms with Gasteiger partial charge in [-0.15, -0.1) is 0 Å². The standard InChI is InChI=1S/C18H30N2O3/c1-14(2)6-5-7-15-13-20(10-11-22-15)18(21)17-9-8-16(23-17)12-19(3)4/h8-9,14-15H,5-7,10-13H2,1-4H3/t15-/m1/s1. The fraction of sp³-hybridized carbons (Fsp3) is 0.722. The van der Waals surface area contributed by atoms with E-state index in [0.29, 0.717) is 32.0 Å². The van der Waals surface area contributed by atoms with Crippen molar-refractivity contribution in [3.63, 3.8) is 0 Å². The maximum Gasteiger partial charge on any atom is 0.289 e. The number of nitrogens with zero attached hydrogens (tertiary/aromatic N) is 2. The van der Waals surface area contributed by atoms with E-state index in [1.54, 1.807) is 6.07 Å². The van der Waals surface area contributed by atoms with E-state index in [1.807, 2.05) is 30.0 Å². The number of ether oxygens (including phenoxy) is 1. The average Bonchev–Trinajstić information content (AvgIpc) is 2.94. The first-order chi connectivity index (χ1) is 11.0. The lowest BCUT2D eigenvalue weighted by atomic mass is 10.0. The lowest BCUT2D eigenvalue weighted by molar-refractivity contribution is -0.0269. The van der Waals surface area contributed by atoms with Crippen molar-refractivity contribution in [2.24, 2.45) is 5.92 Å². The fourth-order valence-electron chi connectivity index (χ4n) is 2.88. The zero-order valence-corrected chi connectivity index (χ0v) is 14.9. The molecule has 23 heavy (non-hydrogen) atoms. The van der Waals surface area contributed by atoms with Crippen LogP contribution in [0.15, 0.2) is 16.5 Å². The first-order valence-electron chi connectivity index (χ1n) is 8.60. The lowest BCUT2D eigenvalue weighted by Gasteiger charge is -2.32. The number of carbonyl (C=O) groups is 1. The Morgan fingerprint density at radius 1 is 1.39 bits per heavy atom. The van der Waals surface area contributed by atoms with Crippen LogP contribution in [0, 0.1) is 5.92 Å². The van der Waals surface area contributed by atoms with E-state index < -0.39 is 0 Å². The SMILES string of the molecule is CC(C)CCC[C@@H]1CN(C(=O)c2ccc(CN(C)C)o2)CCO1. The molecule has 0 spiro atoms. The minimum atomic E-state index is -0.0211. The van der Waals surface area contributed by atoms with E-state index in [2.05, 4.69) is 13.8 Å². The molecule has 5 nitrogen and oxygen atoms in total. The van der Waals surface area contributed by atoms with E-state index >= 15 is 0 Å². The summed E-state index contributed by atoms with van der Waals surface area (Å²) >= 11 is 0. The average molecular weight is 322 g/mol. The molecule has 2 heterocycles. The normalized spacial score (nSPS) is 18.9. The first-order valence-corrected chi connectivity index (χ1v) is 8.60. The van der Waals surface area contributed by atoms with Crippen molar-refractivity contribution < 1.29 is 13.9 Å². The number of furan rings is 1. The van der Waals surface area contributed by atoms with Crippen molar-refractivity contribution in [1.82, 2.24) is 9.80 Å². The van der Waals surface area contributed by atoms with Crippen molar-refractivity contribution in [3.05, 3.63) is 23.7 Å². The highest BCUT2D eigenvalue weighted by Gasteiger charge is 2.26. The Kier molecular flexibility index (Phi) is 6.66. The van der Waals surface area contributed by atoms with E-state index in [-0.39, 0.29) is 12.0 Å². The summed E-state index contributed by atoms with van der Waals surface area (Å²) in [5.74, 6) is 1.95. The predicted octanol–water partition coefficient (Wildman–Crippen LogP) is 3.01. The highest BCUT2D eigenvalue weighted by molar-refractivity contribution is 5.91. The number of morpholine rings is 1. The molecule has 1 amide bonds. The maximum atomic E-state index is 12.6. The van der Waals surface area contributed by atoms with Crippen molar-refractivity contribution in [1.29, 1.82) is 0 Å². The summed E-state index contributed by atoms with van der Waals surface area (Å²) < 4.78 is 11.5. The molecule has 0 radical (unpaired) electrons. The summed E-state index contributed by atoms with van der Waals surface area (Å²) in [5.41, 5.74) is 0. The predicted molar refractivity (Wildman–Crippen MR) is 90.4 cm³/mol. The molecular weight excluding hydrogens is 292 g/mol. The summed E-state index contributed by atoms with van der Waals surface area (Å²) in [6, 6.07) is 3.66. The first kappa shape index (κ1) is 18.0. The van der Waals surface area contributed by atoms with Gasteiger partial charge >= 0.3 is 0 Å². The third-order valence-electron chi connectivity index (χ3n) is 4.08. The van der Waals surface area contributed by atoms with Crippen LogP contribution in [0.3, 0.4) is 0 Å². The van der Waals surface area contributed by atoms with Crippen LogP contribution in [0.4, 0.5) is 0 Å². The van der Waals surface area contributed by atoms with Gasteiger partial charge in [0.15, 0.2) is 5.76 Å². The third kappa shape index (κ3) is 5.66. The van der Waals surface area contributed by atoms with Crippen molar-refractivity contribution in [2.45, 2.75) is 45.8 Å². The molecule has 0 aromatic carbocycles. The van der Waals surface area contributed by atoms with Crippen LogP contribution in [0.25, 0.3) is 0 Å². The van der Waals surface area contributed by atoms with Crippen LogP contribution in [0.5, 0.6) is 0 Å². The maximum absolute atomic E-state index is 12.6. The molecule has 130 valence electrons. The molecule has 1 aliphatic heterocycles. The van der Waals surface area contributed by atoms with Gasteiger partial charge in [0.05, 0.1) is 19.3 Å². The van der Waals surface area contributed by atoms with Crippen molar-refractivity contribution >= 4 is 5.91 Å². The molecule has 1 aliphatic rings. The molecular formula is C18H30N2O3. The molecule has 1 atom stereocenters. The zero-order chi connectivity index (χ0) is 16.8. The Hall–Kier alpha value is -1.33. The number of hydrogen-bond donors (Lipinski definition) is 0. The number of amides is 1. The van der Waals surface area contributed by atoms with Gasteiger partial charge in [0.25, 0.3) is 5.91 Å². The Morgan fingerprint density at radius 2 is 2.17 bits per heavy atom. The smallest absolute Gasteiger partial charge is 0.289 e. The van der Waals surface area contributed by atoms with Crippen molar-refractivity contribution in [3.8, 4) is 0 Å². The van der Waals surface area contributed by atoms with Crippen LogP contribution in [0.2, 0.25) is 0 Å². The van der Waals surface area contributed by atoms with Crippen LogP contribution < -0.4 is 0 Å². The summed E-state index contributed by atoms with van der Waals surface area (Å²) in [6.07, 6.45) is 3.53. The molecule has 0 unspecified atom stereocenters. The topological polar surface area (TPSA) is 45.9 Å². The number of hydrogen-bond acceptors (Lipinski definition) is 4. The summed E-state index contributed by atoms with van der Waals surface area (Å²) in [7, 11) is 3.96. The monoisotopic (exact) mass is 322 g/mol. The lowest BCUT2D eigenvalue weighted by Crippen LogP contribution is -2.45. The second-order valence-corrected chi connectivity index (χ2v) is 7.07. The minimum Gasteiger partial charge on any atom is -0.455 e. The highest BCUT2D eigenvalue weighted by atomic mass is 16.5. The second-order valence-electron chi connectivity index (χ2n) is 7.07. The summed E-state index contributed by atoms with van der Waals surface area (Å²) in [6.45, 7) is 7.10. The van der Waals surface area contributed by atoms with Gasteiger partial charge < -0.3 is 19.0 Å². The molecule has 0 bridgehead atoms. The molecule has 2 rings (SSSR count). The summed E-state index contributed by atoms with van der Waals surface area (Å²) in [4.78, 5) is 16.5. The van der Waals surface area contributed by atoms with E-state index in [9.17, 15) is 4.79 Å². The quantitative estimate of drug-likeness (QED) is 0.774. The largest absolute Gasteiger partial charge is 0.455 e. The molecule has 1 saturated heterocycles. The van der Waals surface area contributed by atoms with Crippen LogP contribution in [-0.4, -0.2) is 55.6 Å². The van der Waals surface area contributed by atoms with Gasteiger partial charge in [-0.2, -0.15) is 0 Å². The van der Waals surface area contributed by atoms with Gasteiger partial charge in [-0.1, -0.05) is 26.7 Å². The third-order valence-corrected chi connectivity index (χ3v) is 4.08. The van der Waals surface area contributed by atoms with Gasteiger partial charge in [-0.3, -0.25) is 4.79 Å². The Balaban J connectivity index is 1.87.